The number of hydrogen-bond acceptors (Lipinski definition) is 6. The second-order valence-electron chi connectivity index (χ2n) is 8.48. The van der Waals surface area contributed by atoms with Crippen molar-refractivity contribution in [3.8, 4) is 5.75 Å². The first-order chi connectivity index (χ1) is 16.5. The molecule has 0 aliphatic carbocycles. The van der Waals surface area contributed by atoms with Crippen molar-refractivity contribution >= 4 is 21.4 Å². The lowest BCUT2D eigenvalue weighted by atomic mass is 10.1. The highest BCUT2D eigenvalue weighted by molar-refractivity contribution is 7.89. The van der Waals surface area contributed by atoms with Crippen LogP contribution in [0.3, 0.4) is 0 Å². The zero-order valence-electron chi connectivity index (χ0n) is 19.4. The fraction of sp³-hybridized carbons (Fsp3) is 0.478. The zero-order valence-corrected chi connectivity index (χ0v) is 20.2. The molecule has 2 heterocycles. The summed E-state index contributed by atoms with van der Waals surface area (Å²) < 4.78 is 93.6. The van der Waals surface area contributed by atoms with E-state index < -0.39 is 33.6 Å². The average Bonchev–Trinajstić information content (AvgIpc) is 2.83. The van der Waals surface area contributed by atoms with Crippen LogP contribution in [0.5, 0.6) is 5.75 Å². The largest absolute Gasteiger partial charge is 0.493 e. The lowest BCUT2D eigenvalue weighted by molar-refractivity contribution is -0.137. The van der Waals surface area contributed by atoms with Crippen LogP contribution in [0.15, 0.2) is 41.3 Å². The van der Waals surface area contributed by atoms with E-state index in [2.05, 4.69) is 0 Å². The van der Waals surface area contributed by atoms with Crippen LogP contribution in [0.4, 0.5) is 28.9 Å². The number of para-hydroxylation sites is 1. The van der Waals surface area contributed by atoms with Gasteiger partial charge in [0.1, 0.15) is 10.7 Å². The number of methoxy groups -OCH3 is 1. The molecule has 4 rings (SSSR count). The number of halogens is 4. The van der Waals surface area contributed by atoms with Crippen LogP contribution in [0, 0.1) is 5.82 Å². The van der Waals surface area contributed by atoms with Gasteiger partial charge in [-0.25, -0.2) is 12.8 Å². The number of anilines is 2. The van der Waals surface area contributed by atoms with Crippen molar-refractivity contribution in [3.63, 3.8) is 0 Å². The molecular formula is C23H27F4N3O4S. The summed E-state index contributed by atoms with van der Waals surface area (Å²) in [6.45, 7) is 3.85. The number of alkyl halides is 3. The van der Waals surface area contributed by atoms with Gasteiger partial charge in [-0.2, -0.15) is 17.5 Å². The molecule has 0 aromatic heterocycles. The molecular weight excluding hydrogens is 490 g/mol. The number of ether oxygens (including phenoxy) is 2. The van der Waals surface area contributed by atoms with Gasteiger partial charge in [0, 0.05) is 44.5 Å². The minimum atomic E-state index is -4.74. The van der Waals surface area contributed by atoms with E-state index in [4.69, 9.17) is 9.47 Å². The molecule has 0 saturated carbocycles. The average molecular weight is 518 g/mol. The minimum absolute atomic E-state index is 0.00190. The highest BCUT2D eigenvalue weighted by atomic mass is 32.2. The second-order valence-corrected chi connectivity index (χ2v) is 10.3. The number of benzene rings is 2. The van der Waals surface area contributed by atoms with Crippen molar-refractivity contribution in [3.05, 3.63) is 47.8 Å². The molecule has 2 aliphatic rings. The standard InChI is InChI=1S/C23H27F4N3O4S/c1-16-15-29(19-7-6-17(24)14-18(19)23(25,26)27)8-9-30(16)35(31,32)21-5-3-4-20(22(21)33-2)28-10-12-34-13-11-28/h3-7,14,16H,8-13,15H2,1-2H3/t16-/m1/s1. The lowest BCUT2D eigenvalue weighted by Crippen LogP contribution is -2.54. The van der Waals surface area contributed by atoms with Crippen molar-refractivity contribution in [2.45, 2.75) is 24.0 Å². The van der Waals surface area contributed by atoms with E-state index >= 15 is 0 Å². The Morgan fingerprint density at radius 1 is 1.00 bits per heavy atom. The predicted molar refractivity (Wildman–Crippen MR) is 123 cm³/mol. The molecule has 0 unspecified atom stereocenters. The maximum absolute atomic E-state index is 13.7. The highest BCUT2D eigenvalue weighted by Gasteiger charge is 2.40. The topological polar surface area (TPSA) is 62.3 Å². The monoisotopic (exact) mass is 517 g/mol. The van der Waals surface area contributed by atoms with Gasteiger partial charge in [0.05, 0.1) is 31.6 Å². The SMILES string of the molecule is COc1c(N2CCOCC2)cccc1S(=O)(=O)N1CCN(c2ccc(F)cc2C(F)(F)F)C[C@H]1C. The predicted octanol–water partition coefficient (Wildman–Crippen LogP) is 3.59. The van der Waals surface area contributed by atoms with Gasteiger partial charge in [0.25, 0.3) is 0 Å². The van der Waals surface area contributed by atoms with Crippen LogP contribution in [0.25, 0.3) is 0 Å². The van der Waals surface area contributed by atoms with Crippen molar-refractivity contribution in [2.24, 2.45) is 0 Å². The molecule has 2 saturated heterocycles. The van der Waals surface area contributed by atoms with Crippen molar-refractivity contribution in [1.29, 1.82) is 0 Å². The van der Waals surface area contributed by atoms with E-state index in [0.717, 1.165) is 12.1 Å². The summed E-state index contributed by atoms with van der Waals surface area (Å²) in [5.41, 5.74) is -0.611. The Balaban J connectivity index is 1.62. The summed E-state index contributed by atoms with van der Waals surface area (Å²) in [5.74, 6) is -0.760. The van der Waals surface area contributed by atoms with Gasteiger partial charge >= 0.3 is 6.18 Å². The van der Waals surface area contributed by atoms with Crippen LogP contribution in [0.1, 0.15) is 12.5 Å². The highest BCUT2D eigenvalue weighted by Crippen LogP contribution is 2.40. The van der Waals surface area contributed by atoms with E-state index in [1.54, 1.807) is 19.1 Å². The normalized spacial score (nSPS) is 20.2. The van der Waals surface area contributed by atoms with Crippen LogP contribution >= 0.6 is 0 Å². The third-order valence-corrected chi connectivity index (χ3v) is 8.31. The Morgan fingerprint density at radius 3 is 2.34 bits per heavy atom. The molecule has 0 spiro atoms. The zero-order chi connectivity index (χ0) is 25.4. The molecule has 12 heteroatoms. The van der Waals surface area contributed by atoms with Crippen LogP contribution in [0.2, 0.25) is 0 Å². The van der Waals surface area contributed by atoms with E-state index in [1.165, 1.54) is 22.4 Å². The Labute approximate surface area is 201 Å². The molecule has 2 aromatic rings. The van der Waals surface area contributed by atoms with Gasteiger partial charge in [-0.15, -0.1) is 0 Å². The fourth-order valence-electron chi connectivity index (χ4n) is 4.62. The molecule has 2 fully saturated rings. The number of sulfonamides is 1. The first kappa shape index (κ1) is 25.5. The van der Waals surface area contributed by atoms with Crippen LogP contribution in [-0.2, 0) is 20.9 Å². The van der Waals surface area contributed by atoms with Gasteiger partial charge in [0.15, 0.2) is 5.75 Å². The van der Waals surface area contributed by atoms with Crippen LogP contribution in [-0.4, -0.2) is 71.8 Å². The molecule has 35 heavy (non-hydrogen) atoms. The van der Waals surface area contributed by atoms with E-state index in [0.29, 0.717) is 38.1 Å². The van der Waals surface area contributed by atoms with Gasteiger partial charge in [0.2, 0.25) is 10.0 Å². The maximum Gasteiger partial charge on any atom is 0.418 e. The summed E-state index contributed by atoms with van der Waals surface area (Å²) in [7, 11) is -2.61. The minimum Gasteiger partial charge on any atom is -0.493 e. The molecule has 2 aromatic carbocycles. The fourth-order valence-corrected chi connectivity index (χ4v) is 6.41. The number of rotatable bonds is 5. The Hall–Kier alpha value is -2.57. The second kappa shape index (κ2) is 9.82. The van der Waals surface area contributed by atoms with E-state index in [9.17, 15) is 26.0 Å². The van der Waals surface area contributed by atoms with E-state index in [-0.39, 0.29) is 36.0 Å². The Kier molecular flexibility index (Phi) is 7.16. The molecule has 7 nitrogen and oxygen atoms in total. The van der Waals surface area contributed by atoms with Gasteiger partial charge < -0.3 is 19.3 Å². The summed E-state index contributed by atoms with van der Waals surface area (Å²) in [4.78, 5) is 3.44. The lowest BCUT2D eigenvalue weighted by Gasteiger charge is -2.41. The smallest absolute Gasteiger partial charge is 0.418 e. The molecule has 0 N–H and O–H groups in total. The van der Waals surface area contributed by atoms with Crippen LogP contribution < -0.4 is 14.5 Å². The number of hydrogen-bond donors (Lipinski definition) is 0. The van der Waals surface area contributed by atoms with Gasteiger partial charge in [-0.1, -0.05) is 6.07 Å². The Bertz CT molecular complexity index is 1170. The first-order valence-corrected chi connectivity index (χ1v) is 12.6. The first-order valence-electron chi connectivity index (χ1n) is 11.2. The third kappa shape index (κ3) is 5.05. The van der Waals surface area contributed by atoms with Crippen molar-refractivity contribution in [1.82, 2.24) is 4.31 Å². The van der Waals surface area contributed by atoms with Crippen molar-refractivity contribution < 1.29 is 35.5 Å². The maximum atomic E-state index is 13.7. The number of nitrogens with zero attached hydrogens (tertiary/aromatic N) is 3. The molecule has 2 aliphatic heterocycles. The summed E-state index contributed by atoms with van der Waals surface area (Å²) in [5, 5.41) is 0. The molecule has 0 amide bonds. The number of piperazine rings is 1. The Morgan fingerprint density at radius 2 is 1.71 bits per heavy atom. The quantitative estimate of drug-likeness (QED) is 0.565. The molecule has 1 atom stereocenters. The molecule has 192 valence electrons. The summed E-state index contributed by atoms with van der Waals surface area (Å²) in [6.07, 6.45) is -4.74. The molecule has 0 radical (unpaired) electrons. The summed E-state index contributed by atoms with van der Waals surface area (Å²) >= 11 is 0. The number of morpholine rings is 1. The van der Waals surface area contributed by atoms with Gasteiger partial charge in [-0.05, 0) is 37.3 Å². The summed E-state index contributed by atoms with van der Waals surface area (Å²) in [6, 6.07) is 6.79. The van der Waals surface area contributed by atoms with Crippen molar-refractivity contribution in [2.75, 3.05) is 62.8 Å². The third-order valence-electron chi connectivity index (χ3n) is 6.27. The van der Waals surface area contributed by atoms with E-state index in [1.807, 2.05) is 4.90 Å². The molecule has 0 bridgehead atoms. The van der Waals surface area contributed by atoms with Gasteiger partial charge in [-0.3, -0.25) is 0 Å².